The molecule has 0 saturated heterocycles. The summed E-state index contributed by atoms with van der Waals surface area (Å²) in [6, 6.07) is 7.80. The van der Waals surface area contributed by atoms with Crippen molar-refractivity contribution in [3.8, 4) is 0 Å². The van der Waals surface area contributed by atoms with E-state index < -0.39 is 6.10 Å². The Morgan fingerprint density at radius 1 is 1.40 bits per heavy atom. The summed E-state index contributed by atoms with van der Waals surface area (Å²) in [5.74, 6) is 0.361. The van der Waals surface area contributed by atoms with Crippen LogP contribution in [0, 0.1) is 0 Å². The Balaban J connectivity index is 2.31. The predicted octanol–water partition coefficient (Wildman–Crippen LogP) is 2.07. The SMILES string of the molecule is CC(C)OCC(O)CO/N=C(/N)Cc1cccc(Br)c1. The number of hydrogen-bond acceptors (Lipinski definition) is 4. The third-order valence-electron chi connectivity index (χ3n) is 2.34. The predicted molar refractivity (Wildman–Crippen MR) is 82.5 cm³/mol. The first-order chi connectivity index (χ1) is 9.47. The molecular formula is C14H21BrN2O3. The first-order valence-corrected chi connectivity index (χ1v) is 7.25. The summed E-state index contributed by atoms with van der Waals surface area (Å²) in [5, 5.41) is 13.4. The second-order valence-electron chi connectivity index (χ2n) is 4.72. The maximum atomic E-state index is 9.57. The molecule has 0 radical (unpaired) electrons. The van der Waals surface area contributed by atoms with Gasteiger partial charge in [-0.1, -0.05) is 33.2 Å². The minimum absolute atomic E-state index is 0.0614. The summed E-state index contributed by atoms with van der Waals surface area (Å²) < 4.78 is 6.25. The minimum Gasteiger partial charge on any atom is -0.392 e. The number of aliphatic hydroxyl groups is 1. The average molecular weight is 345 g/mol. The summed E-state index contributed by atoms with van der Waals surface area (Å²) in [5.41, 5.74) is 6.80. The van der Waals surface area contributed by atoms with Crippen molar-refractivity contribution in [2.75, 3.05) is 13.2 Å². The van der Waals surface area contributed by atoms with Crippen LogP contribution in [0.5, 0.6) is 0 Å². The van der Waals surface area contributed by atoms with E-state index in [0.717, 1.165) is 10.0 Å². The molecule has 1 rings (SSSR count). The fourth-order valence-corrected chi connectivity index (χ4v) is 1.89. The molecule has 0 bridgehead atoms. The minimum atomic E-state index is -0.709. The van der Waals surface area contributed by atoms with Crippen LogP contribution in [0.4, 0.5) is 0 Å². The smallest absolute Gasteiger partial charge is 0.145 e. The van der Waals surface area contributed by atoms with Gasteiger partial charge >= 0.3 is 0 Å². The van der Waals surface area contributed by atoms with Crippen molar-refractivity contribution in [3.05, 3.63) is 34.3 Å². The van der Waals surface area contributed by atoms with Gasteiger partial charge in [0.1, 0.15) is 18.5 Å². The van der Waals surface area contributed by atoms with E-state index in [-0.39, 0.29) is 19.3 Å². The van der Waals surface area contributed by atoms with Crippen LogP contribution in [0.2, 0.25) is 0 Å². The fraction of sp³-hybridized carbons (Fsp3) is 0.500. The molecule has 0 fully saturated rings. The van der Waals surface area contributed by atoms with Crippen LogP contribution in [-0.2, 0) is 16.0 Å². The highest BCUT2D eigenvalue weighted by atomic mass is 79.9. The zero-order valence-corrected chi connectivity index (χ0v) is 13.3. The topological polar surface area (TPSA) is 77.1 Å². The monoisotopic (exact) mass is 344 g/mol. The molecule has 0 aromatic heterocycles. The van der Waals surface area contributed by atoms with Crippen LogP contribution in [-0.4, -0.2) is 36.4 Å². The number of rotatable bonds is 8. The number of aliphatic hydroxyl groups excluding tert-OH is 1. The van der Waals surface area contributed by atoms with Gasteiger partial charge in [0.05, 0.1) is 12.7 Å². The summed E-state index contributed by atoms with van der Waals surface area (Å²) in [6.45, 7) is 4.09. The molecule has 0 spiro atoms. The number of nitrogens with two attached hydrogens (primary N) is 1. The highest BCUT2D eigenvalue weighted by molar-refractivity contribution is 9.10. The molecular weight excluding hydrogens is 324 g/mol. The quantitative estimate of drug-likeness (QED) is 0.430. The Morgan fingerprint density at radius 2 is 2.15 bits per heavy atom. The van der Waals surface area contributed by atoms with Crippen molar-refractivity contribution in [2.45, 2.75) is 32.5 Å². The molecule has 0 aliphatic rings. The molecule has 0 amide bonds. The van der Waals surface area contributed by atoms with Crippen LogP contribution >= 0.6 is 15.9 Å². The van der Waals surface area contributed by atoms with E-state index in [2.05, 4.69) is 21.1 Å². The average Bonchev–Trinajstić information content (AvgIpc) is 2.36. The first-order valence-electron chi connectivity index (χ1n) is 6.45. The Labute approximate surface area is 127 Å². The van der Waals surface area contributed by atoms with Crippen molar-refractivity contribution in [1.29, 1.82) is 0 Å². The molecule has 20 heavy (non-hydrogen) atoms. The molecule has 6 heteroatoms. The molecule has 1 atom stereocenters. The maximum absolute atomic E-state index is 9.57. The lowest BCUT2D eigenvalue weighted by molar-refractivity contribution is -0.0347. The van der Waals surface area contributed by atoms with Crippen molar-refractivity contribution in [1.82, 2.24) is 0 Å². The fourth-order valence-electron chi connectivity index (χ4n) is 1.45. The molecule has 112 valence electrons. The van der Waals surface area contributed by atoms with Gasteiger partial charge in [-0.3, -0.25) is 0 Å². The second kappa shape index (κ2) is 8.94. The third kappa shape index (κ3) is 7.47. The lowest BCUT2D eigenvalue weighted by Gasteiger charge is -2.12. The van der Waals surface area contributed by atoms with Gasteiger partial charge in [-0.15, -0.1) is 0 Å². The van der Waals surface area contributed by atoms with E-state index in [9.17, 15) is 5.11 Å². The van der Waals surface area contributed by atoms with Gasteiger partial charge in [0.15, 0.2) is 0 Å². The van der Waals surface area contributed by atoms with E-state index in [1.807, 2.05) is 38.1 Å². The highest BCUT2D eigenvalue weighted by Gasteiger charge is 2.06. The highest BCUT2D eigenvalue weighted by Crippen LogP contribution is 2.11. The Bertz CT molecular complexity index is 438. The number of amidine groups is 1. The van der Waals surface area contributed by atoms with Crippen molar-refractivity contribution in [2.24, 2.45) is 10.9 Å². The van der Waals surface area contributed by atoms with Crippen LogP contribution in [0.25, 0.3) is 0 Å². The first kappa shape index (κ1) is 16.9. The number of nitrogens with zero attached hydrogens (tertiary/aromatic N) is 1. The molecule has 0 aliphatic heterocycles. The molecule has 1 unspecified atom stereocenters. The van der Waals surface area contributed by atoms with Gasteiger partial charge in [0.25, 0.3) is 0 Å². The van der Waals surface area contributed by atoms with Crippen molar-refractivity contribution < 1.29 is 14.7 Å². The van der Waals surface area contributed by atoms with Crippen LogP contribution < -0.4 is 5.73 Å². The van der Waals surface area contributed by atoms with Crippen molar-refractivity contribution in [3.63, 3.8) is 0 Å². The van der Waals surface area contributed by atoms with Gasteiger partial charge in [0.2, 0.25) is 0 Å². The largest absolute Gasteiger partial charge is 0.392 e. The molecule has 1 aromatic rings. The summed E-state index contributed by atoms with van der Waals surface area (Å²) in [4.78, 5) is 5.01. The molecule has 0 aliphatic carbocycles. The normalized spacial score (nSPS) is 13.6. The van der Waals surface area contributed by atoms with Crippen LogP contribution in [0.3, 0.4) is 0 Å². The van der Waals surface area contributed by atoms with Gasteiger partial charge in [-0.2, -0.15) is 0 Å². The molecule has 5 nitrogen and oxygen atoms in total. The summed E-state index contributed by atoms with van der Waals surface area (Å²) in [6.07, 6.45) is -0.132. The van der Waals surface area contributed by atoms with Crippen LogP contribution in [0.15, 0.2) is 33.9 Å². The van der Waals surface area contributed by atoms with E-state index in [0.29, 0.717) is 12.3 Å². The van der Waals surface area contributed by atoms with E-state index >= 15 is 0 Å². The molecule has 3 N–H and O–H groups in total. The van der Waals surface area contributed by atoms with E-state index in [4.69, 9.17) is 15.3 Å². The van der Waals surface area contributed by atoms with Gasteiger partial charge in [-0.05, 0) is 31.5 Å². The Morgan fingerprint density at radius 3 is 2.80 bits per heavy atom. The number of hydrogen-bond donors (Lipinski definition) is 2. The second-order valence-corrected chi connectivity index (χ2v) is 5.64. The number of halogens is 1. The maximum Gasteiger partial charge on any atom is 0.145 e. The summed E-state index contributed by atoms with van der Waals surface area (Å²) in [7, 11) is 0. The molecule has 0 saturated carbocycles. The zero-order valence-electron chi connectivity index (χ0n) is 11.8. The molecule has 0 heterocycles. The number of ether oxygens (including phenoxy) is 1. The van der Waals surface area contributed by atoms with Crippen molar-refractivity contribution >= 4 is 21.8 Å². The third-order valence-corrected chi connectivity index (χ3v) is 2.84. The van der Waals surface area contributed by atoms with E-state index in [1.54, 1.807) is 0 Å². The van der Waals surface area contributed by atoms with Gasteiger partial charge in [0, 0.05) is 10.9 Å². The Hall–Kier alpha value is -1.11. The Kier molecular flexibility index (Phi) is 7.58. The molecule has 1 aromatic carbocycles. The van der Waals surface area contributed by atoms with Gasteiger partial charge in [-0.25, -0.2) is 0 Å². The van der Waals surface area contributed by atoms with Crippen LogP contribution in [0.1, 0.15) is 19.4 Å². The lowest BCUT2D eigenvalue weighted by atomic mass is 10.1. The van der Waals surface area contributed by atoms with Gasteiger partial charge < -0.3 is 20.4 Å². The lowest BCUT2D eigenvalue weighted by Crippen LogP contribution is -2.24. The number of benzene rings is 1. The number of oxime groups is 1. The zero-order chi connectivity index (χ0) is 15.0. The van der Waals surface area contributed by atoms with E-state index in [1.165, 1.54) is 0 Å². The summed E-state index contributed by atoms with van der Waals surface area (Å²) >= 11 is 3.39. The standard InChI is InChI=1S/C14H21BrN2O3/c1-10(2)19-8-13(18)9-20-17-14(16)7-11-4-3-5-12(15)6-11/h3-6,10,13,18H,7-9H2,1-2H3,(H2,16,17).